The van der Waals surface area contributed by atoms with Crippen molar-refractivity contribution in [2.45, 2.75) is 19.9 Å². The Morgan fingerprint density at radius 3 is 2.46 bits per heavy atom. The molecule has 3 aromatic rings. The Labute approximate surface area is 165 Å². The van der Waals surface area contributed by atoms with Gasteiger partial charge in [-0.25, -0.2) is 9.97 Å². The average Bonchev–Trinajstić information content (AvgIpc) is 2.74. The molecule has 4 rings (SSSR count). The lowest BCUT2D eigenvalue weighted by atomic mass is 10.2. The number of aromatic hydroxyl groups is 1. The van der Waals surface area contributed by atoms with Gasteiger partial charge in [0.15, 0.2) is 5.82 Å². The summed E-state index contributed by atoms with van der Waals surface area (Å²) in [4.78, 5) is 18.4. The lowest BCUT2D eigenvalue weighted by molar-refractivity contribution is 0.249. The molecule has 28 heavy (non-hydrogen) atoms. The minimum atomic E-state index is 0.327. The molecule has 1 aliphatic heterocycles. The highest BCUT2D eigenvalue weighted by Crippen LogP contribution is 2.22. The van der Waals surface area contributed by atoms with Crippen molar-refractivity contribution in [2.24, 2.45) is 0 Å². The minimum absolute atomic E-state index is 0.327. The number of hydrogen-bond acceptors (Lipinski definition) is 6. The molecular formula is C22H25N5O. The molecule has 0 saturated carbocycles. The number of phenols is 1. The van der Waals surface area contributed by atoms with Crippen LogP contribution in [0.4, 0.5) is 5.82 Å². The van der Waals surface area contributed by atoms with E-state index in [9.17, 15) is 5.11 Å². The van der Waals surface area contributed by atoms with Crippen LogP contribution in [0.5, 0.6) is 5.75 Å². The summed E-state index contributed by atoms with van der Waals surface area (Å²) in [6.45, 7) is 6.76. The van der Waals surface area contributed by atoms with Crippen LogP contribution in [0.25, 0.3) is 11.4 Å². The topological polar surface area (TPSA) is 65.4 Å². The van der Waals surface area contributed by atoms with Gasteiger partial charge in [0.1, 0.15) is 11.6 Å². The van der Waals surface area contributed by atoms with E-state index >= 15 is 0 Å². The molecule has 1 N–H and O–H groups in total. The summed E-state index contributed by atoms with van der Waals surface area (Å²) >= 11 is 0. The Kier molecular flexibility index (Phi) is 5.48. The number of aromatic nitrogens is 3. The molecule has 3 heterocycles. The van der Waals surface area contributed by atoms with Crippen LogP contribution in [0.15, 0.2) is 54.9 Å². The van der Waals surface area contributed by atoms with E-state index < -0.39 is 0 Å². The predicted octanol–water partition coefficient (Wildman–Crippen LogP) is 3.13. The van der Waals surface area contributed by atoms with E-state index in [1.807, 2.05) is 24.3 Å². The molecule has 1 saturated heterocycles. The van der Waals surface area contributed by atoms with Crippen molar-refractivity contribution in [1.29, 1.82) is 0 Å². The normalized spacial score (nSPS) is 15.0. The summed E-state index contributed by atoms with van der Waals surface area (Å²) in [5.41, 5.74) is 3.19. The standard InChI is InChI=1S/C22H25N5O/c1-2-19-15-21(25-22(24-19)18-6-8-23-9-7-18)27-12-10-26(11-13-27)16-17-4-3-5-20(28)14-17/h3-9,14-15,28H,2,10-13,16H2,1H3. The van der Waals surface area contributed by atoms with Gasteiger partial charge in [0.2, 0.25) is 0 Å². The highest BCUT2D eigenvalue weighted by Gasteiger charge is 2.19. The van der Waals surface area contributed by atoms with Crippen molar-refractivity contribution < 1.29 is 5.11 Å². The zero-order valence-corrected chi connectivity index (χ0v) is 16.1. The van der Waals surface area contributed by atoms with Crippen molar-refractivity contribution in [3.05, 3.63) is 66.1 Å². The summed E-state index contributed by atoms with van der Waals surface area (Å²) in [5, 5.41) is 9.66. The second-order valence-electron chi connectivity index (χ2n) is 7.06. The number of nitrogens with zero attached hydrogens (tertiary/aromatic N) is 5. The van der Waals surface area contributed by atoms with Crippen LogP contribution >= 0.6 is 0 Å². The Balaban J connectivity index is 1.47. The zero-order chi connectivity index (χ0) is 19.3. The van der Waals surface area contributed by atoms with Gasteiger partial charge < -0.3 is 10.0 Å². The second kappa shape index (κ2) is 8.35. The first-order chi connectivity index (χ1) is 13.7. The molecule has 6 heteroatoms. The first-order valence-corrected chi connectivity index (χ1v) is 9.75. The monoisotopic (exact) mass is 375 g/mol. The van der Waals surface area contributed by atoms with Crippen molar-refractivity contribution in [3.8, 4) is 17.1 Å². The van der Waals surface area contributed by atoms with E-state index in [-0.39, 0.29) is 0 Å². The maximum Gasteiger partial charge on any atom is 0.161 e. The Morgan fingerprint density at radius 1 is 0.964 bits per heavy atom. The quantitative estimate of drug-likeness (QED) is 0.739. The predicted molar refractivity (Wildman–Crippen MR) is 110 cm³/mol. The molecule has 0 spiro atoms. The van der Waals surface area contributed by atoms with Crippen molar-refractivity contribution in [1.82, 2.24) is 19.9 Å². The average molecular weight is 375 g/mol. The summed E-state index contributed by atoms with van der Waals surface area (Å²) < 4.78 is 0. The van der Waals surface area contributed by atoms with Gasteiger partial charge in [0.25, 0.3) is 0 Å². The van der Waals surface area contributed by atoms with Crippen LogP contribution in [-0.4, -0.2) is 51.1 Å². The number of hydrogen-bond donors (Lipinski definition) is 1. The van der Waals surface area contributed by atoms with Gasteiger partial charge in [-0.05, 0) is 36.2 Å². The van der Waals surface area contributed by atoms with Gasteiger partial charge >= 0.3 is 0 Å². The minimum Gasteiger partial charge on any atom is -0.508 e. The van der Waals surface area contributed by atoms with Crippen LogP contribution in [0.2, 0.25) is 0 Å². The lowest BCUT2D eigenvalue weighted by Gasteiger charge is -2.35. The summed E-state index contributed by atoms with van der Waals surface area (Å²) in [6.07, 6.45) is 4.43. The molecule has 6 nitrogen and oxygen atoms in total. The van der Waals surface area contributed by atoms with Gasteiger partial charge in [-0.3, -0.25) is 9.88 Å². The van der Waals surface area contributed by atoms with Crippen LogP contribution < -0.4 is 4.90 Å². The molecule has 0 aliphatic carbocycles. The first-order valence-electron chi connectivity index (χ1n) is 9.75. The molecule has 0 radical (unpaired) electrons. The third kappa shape index (κ3) is 4.28. The third-order valence-electron chi connectivity index (χ3n) is 5.08. The number of aryl methyl sites for hydroxylation is 1. The fourth-order valence-electron chi connectivity index (χ4n) is 3.50. The SMILES string of the molecule is CCc1cc(N2CCN(Cc3cccc(O)c3)CC2)nc(-c2ccncc2)n1. The number of phenolic OH excluding ortho intramolecular Hbond substituents is 1. The lowest BCUT2D eigenvalue weighted by Crippen LogP contribution is -2.46. The molecule has 1 aromatic carbocycles. The summed E-state index contributed by atoms with van der Waals surface area (Å²) in [7, 11) is 0. The molecule has 144 valence electrons. The Morgan fingerprint density at radius 2 is 1.75 bits per heavy atom. The molecule has 0 amide bonds. The second-order valence-corrected chi connectivity index (χ2v) is 7.06. The van der Waals surface area contributed by atoms with E-state index in [0.29, 0.717) is 5.75 Å². The molecule has 0 atom stereocenters. The van der Waals surface area contributed by atoms with Gasteiger partial charge in [-0.2, -0.15) is 0 Å². The van der Waals surface area contributed by atoms with Gasteiger partial charge in [-0.15, -0.1) is 0 Å². The van der Waals surface area contributed by atoms with E-state index in [4.69, 9.17) is 9.97 Å². The van der Waals surface area contributed by atoms with Gasteiger partial charge in [0, 0.05) is 62.4 Å². The highest BCUT2D eigenvalue weighted by atomic mass is 16.3. The molecule has 0 unspecified atom stereocenters. The molecule has 0 bridgehead atoms. The van der Waals surface area contributed by atoms with Gasteiger partial charge in [0.05, 0.1) is 0 Å². The number of anilines is 1. The van der Waals surface area contributed by atoms with Crippen molar-refractivity contribution in [3.63, 3.8) is 0 Å². The summed E-state index contributed by atoms with van der Waals surface area (Å²) in [5.74, 6) is 2.09. The van der Waals surface area contributed by atoms with E-state index in [1.165, 1.54) is 0 Å². The van der Waals surface area contributed by atoms with Crippen LogP contribution in [0.3, 0.4) is 0 Å². The fourth-order valence-corrected chi connectivity index (χ4v) is 3.50. The first kappa shape index (κ1) is 18.4. The van der Waals surface area contributed by atoms with Gasteiger partial charge in [-0.1, -0.05) is 19.1 Å². The smallest absolute Gasteiger partial charge is 0.161 e. The maximum atomic E-state index is 9.66. The fraction of sp³-hybridized carbons (Fsp3) is 0.318. The van der Waals surface area contributed by atoms with Crippen molar-refractivity contribution in [2.75, 3.05) is 31.1 Å². The summed E-state index contributed by atoms with van der Waals surface area (Å²) in [6, 6.07) is 13.5. The maximum absolute atomic E-state index is 9.66. The molecule has 1 aliphatic rings. The number of rotatable bonds is 5. The van der Waals surface area contributed by atoms with Crippen LogP contribution in [-0.2, 0) is 13.0 Å². The Bertz CT molecular complexity index is 923. The van der Waals surface area contributed by atoms with E-state index in [1.54, 1.807) is 18.5 Å². The highest BCUT2D eigenvalue weighted by molar-refractivity contribution is 5.57. The number of benzene rings is 1. The third-order valence-corrected chi connectivity index (χ3v) is 5.08. The van der Waals surface area contributed by atoms with E-state index in [2.05, 4.69) is 33.8 Å². The molecule has 1 fully saturated rings. The zero-order valence-electron chi connectivity index (χ0n) is 16.1. The van der Waals surface area contributed by atoms with Crippen LogP contribution in [0.1, 0.15) is 18.2 Å². The van der Waals surface area contributed by atoms with Crippen molar-refractivity contribution >= 4 is 5.82 Å². The van der Waals surface area contributed by atoms with Crippen LogP contribution in [0, 0.1) is 0 Å². The molecule has 2 aromatic heterocycles. The largest absolute Gasteiger partial charge is 0.508 e. The number of piperazine rings is 1. The van der Waals surface area contributed by atoms with E-state index in [0.717, 1.165) is 67.6 Å². The molecular weight excluding hydrogens is 350 g/mol. The number of pyridine rings is 1. The Hall–Kier alpha value is -2.99.